The first-order valence-electron chi connectivity index (χ1n) is 9.06. The number of carbonyl (C=O) groups is 1. The lowest BCUT2D eigenvalue weighted by molar-refractivity contribution is 0.103. The molecule has 0 saturated heterocycles. The van der Waals surface area contributed by atoms with Crippen molar-refractivity contribution in [2.75, 3.05) is 46.6 Å². The van der Waals surface area contributed by atoms with Crippen molar-refractivity contribution < 1.29 is 28.5 Å². The highest BCUT2D eigenvalue weighted by Crippen LogP contribution is 2.42. The van der Waals surface area contributed by atoms with Gasteiger partial charge in [0.05, 0.1) is 41.1 Å². The van der Waals surface area contributed by atoms with Crippen LogP contribution in [0.3, 0.4) is 0 Å². The summed E-state index contributed by atoms with van der Waals surface area (Å²) in [6.07, 6.45) is 0. The van der Waals surface area contributed by atoms with Crippen molar-refractivity contribution in [3.8, 4) is 28.7 Å². The van der Waals surface area contributed by atoms with E-state index in [2.05, 4.69) is 10.3 Å². The van der Waals surface area contributed by atoms with E-state index in [1.54, 1.807) is 44.6 Å². The van der Waals surface area contributed by atoms with E-state index in [0.29, 0.717) is 33.8 Å². The van der Waals surface area contributed by atoms with Crippen LogP contribution >= 0.6 is 11.3 Å². The van der Waals surface area contributed by atoms with Crippen LogP contribution in [0.2, 0.25) is 0 Å². The fourth-order valence-corrected chi connectivity index (χ4v) is 3.85. The van der Waals surface area contributed by atoms with Gasteiger partial charge in [-0.3, -0.25) is 4.79 Å². The van der Waals surface area contributed by atoms with Gasteiger partial charge in [-0.05, 0) is 24.3 Å². The molecule has 0 bridgehead atoms. The highest BCUT2D eigenvalue weighted by molar-refractivity contribution is 7.18. The Morgan fingerprint density at radius 3 is 2.13 bits per heavy atom. The zero-order chi connectivity index (χ0) is 22.5. The maximum absolute atomic E-state index is 13.2. The van der Waals surface area contributed by atoms with Gasteiger partial charge in [0, 0.05) is 11.8 Å². The number of hydrogen-bond donors (Lipinski definition) is 2. The summed E-state index contributed by atoms with van der Waals surface area (Å²) >= 11 is 1.13. The number of ketones is 1. The third-order valence-corrected chi connectivity index (χ3v) is 5.43. The number of ether oxygens (including phenoxy) is 5. The summed E-state index contributed by atoms with van der Waals surface area (Å²) in [4.78, 5) is 17.8. The average Bonchev–Trinajstić information content (AvgIpc) is 3.16. The van der Waals surface area contributed by atoms with Crippen LogP contribution in [0.5, 0.6) is 28.7 Å². The normalized spacial score (nSPS) is 10.4. The van der Waals surface area contributed by atoms with Gasteiger partial charge in [0.15, 0.2) is 28.1 Å². The van der Waals surface area contributed by atoms with Crippen molar-refractivity contribution in [2.24, 2.45) is 0 Å². The number of nitrogens with one attached hydrogen (secondary N) is 1. The molecule has 10 heteroatoms. The molecule has 3 rings (SSSR count). The van der Waals surface area contributed by atoms with Crippen molar-refractivity contribution >= 4 is 33.8 Å². The molecule has 164 valence electrons. The number of carbonyl (C=O) groups excluding carboxylic acids is 1. The summed E-state index contributed by atoms with van der Waals surface area (Å²) in [6.45, 7) is 0. The standard InChI is InChI=1S/C21H23N3O6S/c1-26-13-8-6-11(10-15(13)28-3)23-21-24-20(22)19(31-21)16(25)12-7-9-14(27-2)18(30-5)17(12)29-4/h6-10H,22H2,1-5H3,(H,23,24). The SMILES string of the molecule is COc1ccc(Nc2nc(N)c(C(=O)c3ccc(OC)c(OC)c3OC)s2)cc1OC. The predicted molar refractivity (Wildman–Crippen MR) is 119 cm³/mol. The van der Waals surface area contributed by atoms with Crippen LogP contribution in [0.1, 0.15) is 15.2 Å². The van der Waals surface area contributed by atoms with E-state index in [1.165, 1.54) is 21.3 Å². The smallest absolute Gasteiger partial charge is 0.210 e. The second kappa shape index (κ2) is 9.43. The monoisotopic (exact) mass is 445 g/mol. The molecule has 9 nitrogen and oxygen atoms in total. The molecule has 0 radical (unpaired) electrons. The van der Waals surface area contributed by atoms with Crippen LogP contribution in [0.25, 0.3) is 0 Å². The minimum Gasteiger partial charge on any atom is -0.493 e. The van der Waals surface area contributed by atoms with Crippen molar-refractivity contribution in [3.05, 3.63) is 40.8 Å². The molecule has 0 saturated carbocycles. The first-order valence-corrected chi connectivity index (χ1v) is 9.88. The van der Waals surface area contributed by atoms with Crippen LogP contribution in [0.15, 0.2) is 30.3 Å². The molecular formula is C21H23N3O6S. The van der Waals surface area contributed by atoms with Crippen LogP contribution in [0.4, 0.5) is 16.6 Å². The number of nitrogen functional groups attached to an aromatic ring is 1. The molecule has 0 atom stereocenters. The number of anilines is 3. The van der Waals surface area contributed by atoms with Gasteiger partial charge in [-0.15, -0.1) is 0 Å². The molecule has 2 aromatic carbocycles. The van der Waals surface area contributed by atoms with Crippen LogP contribution < -0.4 is 34.7 Å². The van der Waals surface area contributed by atoms with Crippen molar-refractivity contribution in [1.29, 1.82) is 0 Å². The molecule has 0 unspecified atom stereocenters. The number of rotatable bonds is 9. The van der Waals surface area contributed by atoms with E-state index in [9.17, 15) is 4.79 Å². The van der Waals surface area contributed by atoms with Crippen molar-refractivity contribution in [3.63, 3.8) is 0 Å². The van der Waals surface area contributed by atoms with Gasteiger partial charge in [-0.2, -0.15) is 0 Å². The molecule has 0 spiro atoms. The van der Waals surface area contributed by atoms with Gasteiger partial charge in [-0.25, -0.2) is 4.98 Å². The van der Waals surface area contributed by atoms with E-state index in [4.69, 9.17) is 29.4 Å². The Bertz CT molecular complexity index is 1100. The number of nitrogens with zero attached hydrogens (tertiary/aromatic N) is 1. The Morgan fingerprint density at radius 1 is 0.871 bits per heavy atom. The van der Waals surface area contributed by atoms with E-state index >= 15 is 0 Å². The molecule has 1 heterocycles. The quantitative estimate of drug-likeness (QED) is 0.475. The summed E-state index contributed by atoms with van der Waals surface area (Å²) in [6, 6.07) is 8.56. The summed E-state index contributed by atoms with van der Waals surface area (Å²) in [5.41, 5.74) is 7.04. The van der Waals surface area contributed by atoms with Crippen LogP contribution in [0, 0.1) is 0 Å². The number of methoxy groups -OCH3 is 5. The molecule has 3 aromatic rings. The number of hydrogen-bond acceptors (Lipinski definition) is 10. The molecule has 0 fully saturated rings. The highest BCUT2D eigenvalue weighted by atomic mass is 32.1. The lowest BCUT2D eigenvalue weighted by Gasteiger charge is -2.14. The second-order valence-electron chi connectivity index (χ2n) is 6.14. The van der Waals surface area contributed by atoms with Gasteiger partial charge in [-0.1, -0.05) is 11.3 Å². The number of nitrogens with two attached hydrogens (primary N) is 1. The number of thiazole rings is 1. The molecule has 0 aliphatic heterocycles. The number of benzene rings is 2. The zero-order valence-corrected chi connectivity index (χ0v) is 18.6. The predicted octanol–water partition coefficient (Wildman–Crippen LogP) is 3.74. The fraction of sp³-hybridized carbons (Fsp3) is 0.238. The van der Waals surface area contributed by atoms with Gasteiger partial charge in [0.25, 0.3) is 0 Å². The molecule has 0 aliphatic rings. The molecule has 0 aliphatic carbocycles. The Balaban J connectivity index is 1.93. The Kier molecular flexibility index (Phi) is 6.71. The fourth-order valence-electron chi connectivity index (χ4n) is 2.99. The molecule has 3 N–H and O–H groups in total. The number of aromatic nitrogens is 1. The third-order valence-electron chi connectivity index (χ3n) is 4.44. The average molecular weight is 445 g/mol. The molecule has 1 aromatic heterocycles. The van der Waals surface area contributed by atoms with Crippen LogP contribution in [-0.4, -0.2) is 46.3 Å². The first kappa shape index (κ1) is 22.0. The maximum atomic E-state index is 13.2. The van der Waals surface area contributed by atoms with E-state index in [0.717, 1.165) is 11.3 Å². The van der Waals surface area contributed by atoms with Gasteiger partial charge >= 0.3 is 0 Å². The lowest BCUT2D eigenvalue weighted by atomic mass is 10.1. The van der Waals surface area contributed by atoms with Gasteiger partial charge in [0.1, 0.15) is 10.7 Å². The first-order chi connectivity index (χ1) is 15.0. The highest BCUT2D eigenvalue weighted by Gasteiger charge is 2.25. The van der Waals surface area contributed by atoms with Gasteiger partial charge < -0.3 is 34.7 Å². The Morgan fingerprint density at radius 2 is 1.52 bits per heavy atom. The third kappa shape index (κ3) is 4.29. The van der Waals surface area contributed by atoms with E-state index in [1.807, 2.05) is 0 Å². The topological polar surface area (TPSA) is 114 Å². The summed E-state index contributed by atoms with van der Waals surface area (Å²) in [7, 11) is 7.55. The van der Waals surface area contributed by atoms with Crippen LogP contribution in [-0.2, 0) is 0 Å². The summed E-state index contributed by atoms with van der Waals surface area (Å²) < 4.78 is 26.6. The van der Waals surface area contributed by atoms with E-state index in [-0.39, 0.29) is 27.8 Å². The summed E-state index contributed by atoms with van der Waals surface area (Å²) in [5, 5.41) is 3.58. The zero-order valence-electron chi connectivity index (χ0n) is 17.8. The van der Waals surface area contributed by atoms with E-state index < -0.39 is 0 Å². The Labute approximate surface area is 183 Å². The second-order valence-corrected chi connectivity index (χ2v) is 7.14. The summed E-state index contributed by atoms with van der Waals surface area (Å²) in [5.74, 6) is 1.95. The molecule has 0 amide bonds. The van der Waals surface area contributed by atoms with Gasteiger partial charge in [0.2, 0.25) is 11.5 Å². The molecule has 31 heavy (non-hydrogen) atoms. The van der Waals surface area contributed by atoms with Crippen molar-refractivity contribution in [2.45, 2.75) is 0 Å². The minimum absolute atomic E-state index is 0.106. The maximum Gasteiger partial charge on any atom is 0.210 e. The molecular weight excluding hydrogens is 422 g/mol. The minimum atomic E-state index is -0.340. The lowest BCUT2D eigenvalue weighted by Crippen LogP contribution is -2.06. The largest absolute Gasteiger partial charge is 0.493 e. The van der Waals surface area contributed by atoms with Crippen molar-refractivity contribution in [1.82, 2.24) is 4.98 Å². The Hall–Kier alpha value is -3.66.